The Balaban J connectivity index is 0.000000423. The molecular formula is C9H17N3O3. The van der Waals surface area contributed by atoms with Crippen LogP contribution in [0.4, 0.5) is 5.69 Å². The molecule has 0 aromatic carbocycles. The van der Waals surface area contributed by atoms with E-state index in [9.17, 15) is 0 Å². The molecule has 1 rings (SSSR count). The Kier molecular flexibility index (Phi) is 6.08. The van der Waals surface area contributed by atoms with Gasteiger partial charge in [0.15, 0.2) is 12.8 Å². The highest BCUT2D eigenvalue weighted by Crippen LogP contribution is 2.17. The molecule has 0 spiro atoms. The van der Waals surface area contributed by atoms with Crippen LogP contribution in [0.3, 0.4) is 0 Å². The third kappa shape index (κ3) is 5.66. The smallest absolute Gasteiger partial charge is 0.194 e. The molecule has 2 N–H and O–H groups in total. The molecule has 0 saturated carbocycles. The Hall–Kier alpha value is -1.59. The van der Waals surface area contributed by atoms with Gasteiger partial charge in [0.25, 0.3) is 0 Å². The van der Waals surface area contributed by atoms with E-state index in [4.69, 9.17) is 20.4 Å². The zero-order valence-corrected chi connectivity index (χ0v) is 9.32. The topological polar surface area (TPSA) is 95.2 Å². The molecule has 0 aliphatic rings. The van der Waals surface area contributed by atoms with Crippen molar-refractivity contribution in [3.05, 3.63) is 21.6 Å². The fourth-order valence-corrected chi connectivity index (χ4v) is 0.941. The Morgan fingerprint density at radius 3 is 2.47 bits per heavy atom. The van der Waals surface area contributed by atoms with Crippen molar-refractivity contribution in [1.82, 2.24) is 5.16 Å². The van der Waals surface area contributed by atoms with E-state index in [1.54, 1.807) is 0 Å². The molecule has 0 amide bonds. The second-order valence-electron chi connectivity index (χ2n) is 3.15. The number of nitrogens with two attached hydrogens (primary N) is 1. The van der Waals surface area contributed by atoms with Gasteiger partial charge in [-0.2, -0.15) is 0 Å². The van der Waals surface area contributed by atoms with Crippen LogP contribution in [-0.4, -0.2) is 17.1 Å². The minimum absolute atomic E-state index is 0.500. The van der Waals surface area contributed by atoms with Gasteiger partial charge in [0.2, 0.25) is 0 Å². The molecule has 86 valence electrons. The van der Waals surface area contributed by atoms with E-state index in [2.05, 4.69) is 12.1 Å². The molecular weight excluding hydrogens is 198 g/mol. The van der Waals surface area contributed by atoms with E-state index in [1.165, 1.54) is 0 Å². The summed E-state index contributed by atoms with van der Waals surface area (Å²) in [5.74, 6) is 0.837. The SMILES string of the molecule is CCCCc1onc(C)c1N.C[N+](=O)[O-]. The lowest BCUT2D eigenvalue weighted by atomic mass is 10.2. The molecule has 0 saturated heterocycles. The predicted octanol–water partition coefficient (Wildman–Crippen LogP) is 1.80. The molecule has 1 aromatic rings. The summed E-state index contributed by atoms with van der Waals surface area (Å²) in [5, 5.41) is 12.6. The maximum atomic E-state index is 8.81. The second kappa shape index (κ2) is 6.80. The minimum atomic E-state index is -0.500. The zero-order valence-electron chi connectivity index (χ0n) is 9.32. The van der Waals surface area contributed by atoms with Crippen LogP contribution in [0.5, 0.6) is 0 Å². The molecule has 6 heteroatoms. The maximum absolute atomic E-state index is 8.81. The second-order valence-corrected chi connectivity index (χ2v) is 3.15. The third-order valence-electron chi connectivity index (χ3n) is 1.74. The Morgan fingerprint density at radius 1 is 1.60 bits per heavy atom. The summed E-state index contributed by atoms with van der Waals surface area (Å²) < 4.78 is 5.02. The fourth-order valence-electron chi connectivity index (χ4n) is 0.941. The zero-order chi connectivity index (χ0) is 11.8. The van der Waals surface area contributed by atoms with Gasteiger partial charge in [0.05, 0.1) is 5.69 Å². The Bertz CT molecular complexity index is 306. The van der Waals surface area contributed by atoms with Gasteiger partial charge in [-0.15, -0.1) is 0 Å². The summed E-state index contributed by atoms with van der Waals surface area (Å²) in [6.07, 6.45) is 3.17. The van der Waals surface area contributed by atoms with E-state index >= 15 is 0 Å². The molecule has 1 heterocycles. The molecule has 0 bridgehead atoms. The highest BCUT2D eigenvalue weighted by Gasteiger charge is 2.07. The van der Waals surface area contributed by atoms with Crippen molar-refractivity contribution in [1.29, 1.82) is 0 Å². The summed E-state index contributed by atoms with van der Waals surface area (Å²) in [6, 6.07) is 0. The minimum Gasteiger partial charge on any atom is -0.394 e. The van der Waals surface area contributed by atoms with Gasteiger partial charge in [-0.25, -0.2) is 0 Å². The van der Waals surface area contributed by atoms with Crippen LogP contribution >= 0.6 is 0 Å². The standard InChI is InChI=1S/C8H14N2O.CH3NO2/c1-3-4-5-7-8(9)6(2)10-11-7;1-2(3)4/h3-5,9H2,1-2H3;1H3. The van der Waals surface area contributed by atoms with Gasteiger partial charge in [0.1, 0.15) is 5.69 Å². The quantitative estimate of drug-likeness (QED) is 0.612. The lowest BCUT2D eigenvalue weighted by Gasteiger charge is -1.93. The number of hydrogen-bond donors (Lipinski definition) is 1. The molecule has 0 radical (unpaired) electrons. The number of nitro groups is 1. The van der Waals surface area contributed by atoms with Gasteiger partial charge in [-0.1, -0.05) is 18.5 Å². The van der Waals surface area contributed by atoms with E-state index < -0.39 is 4.92 Å². The number of aryl methyl sites for hydroxylation is 2. The summed E-state index contributed by atoms with van der Waals surface area (Å²) >= 11 is 0. The van der Waals surface area contributed by atoms with Crippen LogP contribution in [0, 0.1) is 17.0 Å². The third-order valence-corrected chi connectivity index (χ3v) is 1.74. The van der Waals surface area contributed by atoms with Crippen molar-refractivity contribution < 1.29 is 9.45 Å². The first-order chi connectivity index (χ1) is 6.99. The van der Waals surface area contributed by atoms with Crippen LogP contribution in [0.25, 0.3) is 0 Å². The van der Waals surface area contributed by atoms with Crippen molar-refractivity contribution in [3.63, 3.8) is 0 Å². The van der Waals surface area contributed by atoms with Crippen LogP contribution in [0.15, 0.2) is 4.52 Å². The van der Waals surface area contributed by atoms with Gasteiger partial charge in [-0.05, 0) is 13.3 Å². The van der Waals surface area contributed by atoms with Gasteiger partial charge in [0, 0.05) is 11.3 Å². The van der Waals surface area contributed by atoms with Gasteiger partial charge in [-0.3, -0.25) is 10.1 Å². The molecule has 0 aliphatic carbocycles. The first-order valence-electron chi connectivity index (χ1n) is 4.77. The van der Waals surface area contributed by atoms with Crippen LogP contribution in [0.1, 0.15) is 31.2 Å². The number of rotatable bonds is 3. The van der Waals surface area contributed by atoms with Crippen LogP contribution < -0.4 is 5.73 Å². The van der Waals surface area contributed by atoms with Gasteiger partial charge >= 0.3 is 0 Å². The van der Waals surface area contributed by atoms with Crippen molar-refractivity contribution in [2.75, 3.05) is 12.8 Å². The molecule has 0 unspecified atom stereocenters. The van der Waals surface area contributed by atoms with E-state index in [0.717, 1.165) is 43.5 Å². The lowest BCUT2D eigenvalue weighted by molar-refractivity contribution is -0.445. The fraction of sp³-hybridized carbons (Fsp3) is 0.667. The Morgan fingerprint density at radius 2 is 2.13 bits per heavy atom. The summed E-state index contributed by atoms with van der Waals surface area (Å²) in [6.45, 7) is 3.99. The first kappa shape index (κ1) is 13.4. The predicted molar refractivity (Wildman–Crippen MR) is 57.2 cm³/mol. The molecule has 1 aromatic heterocycles. The van der Waals surface area contributed by atoms with Crippen molar-refractivity contribution >= 4 is 5.69 Å². The van der Waals surface area contributed by atoms with Crippen molar-refractivity contribution in [2.24, 2.45) is 0 Å². The summed E-state index contributed by atoms with van der Waals surface area (Å²) in [4.78, 5) is 8.31. The number of anilines is 1. The molecule has 6 nitrogen and oxygen atoms in total. The van der Waals surface area contributed by atoms with Crippen LogP contribution in [-0.2, 0) is 6.42 Å². The lowest BCUT2D eigenvalue weighted by Crippen LogP contribution is -1.91. The van der Waals surface area contributed by atoms with Crippen molar-refractivity contribution in [2.45, 2.75) is 33.1 Å². The summed E-state index contributed by atoms with van der Waals surface area (Å²) in [5.41, 5.74) is 7.21. The van der Waals surface area contributed by atoms with E-state index in [-0.39, 0.29) is 0 Å². The Labute approximate surface area is 88.6 Å². The molecule has 0 atom stereocenters. The molecule has 15 heavy (non-hydrogen) atoms. The molecule has 0 aliphatic heterocycles. The largest absolute Gasteiger partial charge is 0.394 e. The average molecular weight is 215 g/mol. The highest BCUT2D eigenvalue weighted by molar-refractivity contribution is 5.45. The van der Waals surface area contributed by atoms with Crippen LogP contribution in [0.2, 0.25) is 0 Å². The van der Waals surface area contributed by atoms with Crippen molar-refractivity contribution in [3.8, 4) is 0 Å². The monoisotopic (exact) mass is 215 g/mol. The first-order valence-corrected chi connectivity index (χ1v) is 4.77. The van der Waals surface area contributed by atoms with E-state index in [0.29, 0.717) is 0 Å². The maximum Gasteiger partial charge on any atom is 0.194 e. The number of aromatic nitrogens is 1. The number of unbranched alkanes of at least 4 members (excludes halogenated alkanes) is 1. The highest BCUT2D eigenvalue weighted by atomic mass is 16.6. The normalized spacial score (nSPS) is 9.27. The summed E-state index contributed by atoms with van der Waals surface area (Å²) in [7, 11) is 0.889. The van der Waals surface area contributed by atoms with E-state index in [1.807, 2.05) is 6.92 Å². The van der Waals surface area contributed by atoms with Gasteiger partial charge < -0.3 is 10.3 Å². The number of nitrogens with zero attached hydrogens (tertiary/aromatic N) is 2. The number of hydrogen-bond acceptors (Lipinski definition) is 5. The molecule has 0 fully saturated rings. The average Bonchev–Trinajstić information content (AvgIpc) is 2.44. The number of nitrogen functional groups attached to an aromatic ring is 1.